The first-order valence-electron chi connectivity index (χ1n) is 9.31. The maximum Gasteiger partial charge on any atom is 0.273 e. The summed E-state index contributed by atoms with van der Waals surface area (Å²) in [6.07, 6.45) is 0. The predicted molar refractivity (Wildman–Crippen MR) is 114 cm³/mol. The first-order valence-corrected chi connectivity index (χ1v) is 10.2. The summed E-state index contributed by atoms with van der Waals surface area (Å²) >= 11 is 1.55. The molecular weight excluding hydrogens is 370 g/mol. The lowest BCUT2D eigenvalue weighted by Crippen LogP contribution is -2.34. The van der Waals surface area contributed by atoms with Crippen LogP contribution in [0.2, 0.25) is 0 Å². The average Bonchev–Trinajstić information content (AvgIpc) is 3.32. The molecule has 0 saturated carbocycles. The van der Waals surface area contributed by atoms with E-state index in [1.54, 1.807) is 17.4 Å². The van der Waals surface area contributed by atoms with Crippen molar-refractivity contribution in [3.63, 3.8) is 0 Å². The molecule has 5 nitrogen and oxygen atoms in total. The Bertz CT molecular complexity index is 906. The maximum atomic E-state index is 12.5. The standard InChI is InChI=1S/C22H27N3O2S/c1-22(2,3)16-10-8-15(9-11-16)18(25(4)5)14-23-21(26)17-13-19(27-24-17)20-7-6-12-28-20/h6-13,18H,14H2,1-5H3,(H,23,26)/t18-/m1/s1. The molecule has 2 aromatic heterocycles. The van der Waals surface area contributed by atoms with Gasteiger partial charge in [0.05, 0.1) is 10.9 Å². The van der Waals surface area contributed by atoms with Gasteiger partial charge in [-0.25, -0.2) is 0 Å². The molecule has 0 spiro atoms. The van der Waals surface area contributed by atoms with E-state index < -0.39 is 0 Å². The molecule has 6 heteroatoms. The number of nitrogens with zero attached hydrogens (tertiary/aromatic N) is 2. The molecule has 0 aliphatic carbocycles. The Morgan fingerprint density at radius 2 is 1.93 bits per heavy atom. The predicted octanol–water partition coefficient (Wildman–Crippen LogP) is 4.73. The normalized spacial score (nSPS) is 12.9. The number of hydrogen-bond donors (Lipinski definition) is 1. The fourth-order valence-corrected chi connectivity index (χ4v) is 3.67. The zero-order valence-corrected chi connectivity index (χ0v) is 17.8. The van der Waals surface area contributed by atoms with Crippen LogP contribution < -0.4 is 5.32 Å². The third kappa shape index (κ3) is 4.69. The summed E-state index contributed by atoms with van der Waals surface area (Å²) in [4.78, 5) is 15.6. The molecule has 0 aliphatic rings. The monoisotopic (exact) mass is 397 g/mol. The van der Waals surface area contributed by atoms with Gasteiger partial charge in [0.15, 0.2) is 11.5 Å². The summed E-state index contributed by atoms with van der Waals surface area (Å²) in [6, 6.07) is 14.2. The smallest absolute Gasteiger partial charge is 0.273 e. The van der Waals surface area contributed by atoms with Crippen LogP contribution in [0.4, 0.5) is 0 Å². The van der Waals surface area contributed by atoms with Crippen LogP contribution in [0, 0.1) is 0 Å². The largest absolute Gasteiger partial charge is 0.355 e. The van der Waals surface area contributed by atoms with Crippen LogP contribution in [-0.2, 0) is 5.41 Å². The number of likely N-dealkylation sites (N-methyl/N-ethyl adjacent to an activating group) is 1. The summed E-state index contributed by atoms with van der Waals surface area (Å²) < 4.78 is 5.30. The van der Waals surface area contributed by atoms with E-state index in [1.807, 2.05) is 31.6 Å². The summed E-state index contributed by atoms with van der Waals surface area (Å²) in [5.41, 5.74) is 2.87. The Kier molecular flexibility index (Phi) is 6.01. The number of carbonyl (C=O) groups is 1. The molecule has 3 aromatic rings. The Hall–Kier alpha value is -2.44. The second kappa shape index (κ2) is 8.29. The summed E-state index contributed by atoms with van der Waals surface area (Å²) in [5, 5.41) is 8.86. The minimum Gasteiger partial charge on any atom is -0.355 e. The molecule has 0 saturated heterocycles. The molecule has 0 fully saturated rings. The number of hydrogen-bond acceptors (Lipinski definition) is 5. The highest BCUT2D eigenvalue weighted by Gasteiger charge is 2.20. The van der Waals surface area contributed by atoms with Gasteiger partial charge in [0.25, 0.3) is 5.91 Å². The van der Waals surface area contributed by atoms with Crippen LogP contribution in [0.25, 0.3) is 10.6 Å². The van der Waals surface area contributed by atoms with E-state index in [0.717, 1.165) is 10.4 Å². The fraction of sp³-hybridized carbons (Fsp3) is 0.364. The van der Waals surface area contributed by atoms with E-state index in [1.165, 1.54) is 5.56 Å². The van der Waals surface area contributed by atoms with E-state index in [9.17, 15) is 4.79 Å². The van der Waals surface area contributed by atoms with Crippen LogP contribution in [0.1, 0.15) is 48.4 Å². The molecule has 0 aliphatic heterocycles. The van der Waals surface area contributed by atoms with Gasteiger partial charge in [0.1, 0.15) is 0 Å². The zero-order chi connectivity index (χ0) is 20.3. The van der Waals surface area contributed by atoms with Gasteiger partial charge in [-0.15, -0.1) is 11.3 Å². The van der Waals surface area contributed by atoms with Crippen molar-refractivity contribution < 1.29 is 9.32 Å². The molecule has 1 aromatic carbocycles. The SMILES string of the molecule is CN(C)[C@H](CNC(=O)c1cc(-c2cccs2)on1)c1ccc(C(C)(C)C)cc1. The van der Waals surface area contributed by atoms with Crippen LogP contribution in [0.5, 0.6) is 0 Å². The summed E-state index contributed by atoms with van der Waals surface area (Å²) in [7, 11) is 4.03. The van der Waals surface area contributed by atoms with Gasteiger partial charge in [0, 0.05) is 12.6 Å². The molecule has 1 N–H and O–H groups in total. The Morgan fingerprint density at radius 3 is 2.50 bits per heavy atom. The maximum absolute atomic E-state index is 12.5. The number of carbonyl (C=O) groups excluding carboxylic acids is 1. The molecule has 0 unspecified atom stereocenters. The Labute approximate surface area is 170 Å². The van der Waals surface area contributed by atoms with E-state index in [0.29, 0.717) is 18.0 Å². The lowest BCUT2D eigenvalue weighted by Gasteiger charge is -2.26. The highest BCUT2D eigenvalue weighted by atomic mass is 32.1. The topological polar surface area (TPSA) is 58.4 Å². The summed E-state index contributed by atoms with van der Waals surface area (Å²) in [6.45, 7) is 7.10. The van der Waals surface area contributed by atoms with Gasteiger partial charge in [-0.1, -0.05) is 56.3 Å². The van der Waals surface area contributed by atoms with Crippen molar-refractivity contribution in [2.75, 3.05) is 20.6 Å². The van der Waals surface area contributed by atoms with Crippen molar-refractivity contribution in [2.45, 2.75) is 32.2 Å². The number of benzene rings is 1. The minimum atomic E-state index is -0.232. The van der Waals surface area contributed by atoms with Gasteiger partial charge in [-0.05, 0) is 42.1 Å². The van der Waals surface area contributed by atoms with Crippen molar-refractivity contribution >= 4 is 17.2 Å². The number of amides is 1. The van der Waals surface area contributed by atoms with Crippen LogP contribution in [0.15, 0.2) is 52.4 Å². The van der Waals surface area contributed by atoms with Crippen molar-refractivity contribution in [2.24, 2.45) is 0 Å². The quantitative estimate of drug-likeness (QED) is 0.653. The number of thiophene rings is 1. The number of aromatic nitrogens is 1. The second-order valence-corrected chi connectivity index (χ2v) is 9.06. The number of nitrogens with one attached hydrogen (secondary N) is 1. The van der Waals surface area contributed by atoms with Crippen LogP contribution >= 0.6 is 11.3 Å². The lowest BCUT2D eigenvalue weighted by atomic mass is 9.86. The first kappa shape index (κ1) is 20.3. The van der Waals surface area contributed by atoms with Crippen molar-refractivity contribution in [3.05, 3.63) is 64.7 Å². The molecule has 0 bridgehead atoms. The fourth-order valence-electron chi connectivity index (χ4n) is 3.00. The third-order valence-corrected chi connectivity index (χ3v) is 5.63. The molecule has 1 atom stereocenters. The highest BCUT2D eigenvalue weighted by Crippen LogP contribution is 2.26. The van der Waals surface area contributed by atoms with Crippen LogP contribution in [0.3, 0.4) is 0 Å². The third-order valence-electron chi connectivity index (χ3n) is 4.75. The molecule has 28 heavy (non-hydrogen) atoms. The number of rotatable bonds is 6. The van der Waals surface area contributed by atoms with Crippen LogP contribution in [-0.4, -0.2) is 36.6 Å². The van der Waals surface area contributed by atoms with Gasteiger partial charge in [-0.2, -0.15) is 0 Å². The van der Waals surface area contributed by atoms with Gasteiger partial charge in [-0.3, -0.25) is 4.79 Å². The first-order chi connectivity index (χ1) is 13.3. The highest BCUT2D eigenvalue weighted by molar-refractivity contribution is 7.13. The average molecular weight is 398 g/mol. The molecule has 3 rings (SSSR count). The van der Waals surface area contributed by atoms with Crippen molar-refractivity contribution in [1.29, 1.82) is 0 Å². The van der Waals surface area contributed by atoms with Gasteiger partial charge in [0.2, 0.25) is 0 Å². The van der Waals surface area contributed by atoms with E-state index in [4.69, 9.17) is 4.52 Å². The van der Waals surface area contributed by atoms with Crippen molar-refractivity contribution in [1.82, 2.24) is 15.4 Å². The van der Waals surface area contributed by atoms with E-state index >= 15 is 0 Å². The molecule has 148 valence electrons. The zero-order valence-electron chi connectivity index (χ0n) is 17.0. The molecule has 1 amide bonds. The molecular formula is C22H27N3O2S. The second-order valence-electron chi connectivity index (χ2n) is 8.12. The molecule has 2 heterocycles. The van der Waals surface area contributed by atoms with Gasteiger partial charge < -0.3 is 14.7 Å². The Balaban J connectivity index is 1.67. The van der Waals surface area contributed by atoms with Gasteiger partial charge >= 0.3 is 0 Å². The van der Waals surface area contributed by atoms with E-state index in [2.05, 4.69) is 60.4 Å². The van der Waals surface area contributed by atoms with E-state index in [-0.39, 0.29) is 17.4 Å². The lowest BCUT2D eigenvalue weighted by molar-refractivity contribution is 0.0933. The minimum absolute atomic E-state index is 0.0710. The van der Waals surface area contributed by atoms with Crippen molar-refractivity contribution in [3.8, 4) is 10.6 Å². The molecule has 0 radical (unpaired) electrons. The Morgan fingerprint density at radius 1 is 1.21 bits per heavy atom. The summed E-state index contributed by atoms with van der Waals surface area (Å²) in [5.74, 6) is 0.381.